The first kappa shape index (κ1) is 16.3. The summed E-state index contributed by atoms with van der Waals surface area (Å²) in [6, 6.07) is 13.7. The molecule has 0 N–H and O–H groups in total. The molecule has 0 aliphatic rings. The van der Waals surface area contributed by atoms with Crippen LogP contribution < -0.4 is 0 Å². The maximum absolute atomic E-state index is 12.1. The summed E-state index contributed by atoms with van der Waals surface area (Å²) >= 11 is 0. The van der Waals surface area contributed by atoms with Crippen molar-refractivity contribution in [1.29, 1.82) is 0 Å². The van der Waals surface area contributed by atoms with Crippen LogP contribution in [0.4, 0.5) is 5.69 Å². The van der Waals surface area contributed by atoms with Gasteiger partial charge in [0.1, 0.15) is 18.3 Å². The lowest BCUT2D eigenvalue weighted by atomic mass is 10.1. The number of nitro groups is 1. The van der Waals surface area contributed by atoms with Gasteiger partial charge in [-0.2, -0.15) is 5.10 Å². The normalized spacial score (nSPS) is 10.4. The Hall–Kier alpha value is -3.55. The molecule has 3 rings (SSSR count). The molecule has 0 saturated carbocycles. The van der Waals surface area contributed by atoms with Crippen molar-refractivity contribution in [3.63, 3.8) is 0 Å². The van der Waals surface area contributed by atoms with E-state index in [-0.39, 0.29) is 23.5 Å². The molecule has 0 aliphatic carbocycles. The zero-order valence-corrected chi connectivity index (χ0v) is 13.1. The maximum Gasteiger partial charge on any atom is 0.338 e. The molecule has 126 valence electrons. The van der Waals surface area contributed by atoms with Crippen molar-refractivity contribution < 1.29 is 14.5 Å². The molecule has 0 radical (unpaired) electrons. The molecule has 0 bridgehead atoms. The molecule has 3 aromatic rings. The van der Waals surface area contributed by atoms with Gasteiger partial charge < -0.3 is 4.74 Å². The molecular weight excluding hydrogens is 324 g/mol. The van der Waals surface area contributed by atoms with Crippen molar-refractivity contribution in [3.8, 4) is 5.69 Å². The predicted octanol–water partition coefficient (Wildman–Crippen LogP) is 2.58. The van der Waals surface area contributed by atoms with E-state index in [1.54, 1.807) is 0 Å². The van der Waals surface area contributed by atoms with Gasteiger partial charge in [-0.3, -0.25) is 10.1 Å². The molecule has 0 unspecified atom stereocenters. The number of nitrogens with zero attached hydrogens (tertiary/aromatic N) is 4. The van der Waals surface area contributed by atoms with Gasteiger partial charge in [0.05, 0.1) is 17.1 Å². The maximum atomic E-state index is 12.1. The van der Waals surface area contributed by atoms with Gasteiger partial charge in [-0.1, -0.05) is 30.3 Å². The number of carbonyl (C=O) groups is 1. The van der Waals surface area contributed by atoms with Crippen LogP contribution in [0.3, 0.4) is 0 Å². The number of benzene rings is 2. The number of hydrogen-bond acceptors (Lipinski definition) is 6. The summed E-state index contributed by atoms with van der Waals surface area (Å²) < 4.78 is 6.47. The highest BCUT2D eigenvalue weighted by Gasteiger charge is 2.20. The Morgan fingerprint density at radius 3 is 2.68 bits per heavy atom. The first-order valence-electron chi connectivity index (χ1n) is 7.49. The topological polar surface area (TPSA) is 100 Å². The zero-order valence-electron chi connectivity index (χ0n) is 13.1. The van der Waals surface area contributed by atoms with E-state index in [1.807, 2.05) is 30.3 Å². The van der Waals surface area contributed by atoms with Crippen LogP contribution in [0.5, 0.6) is 0 Å². The van der Waals surface area contributed by atoms with Gasteiger partial charge in [-0.15, -0.1) is 0 Å². The van der Waals surface area contributed by atoms with Crippen LogP contribution in [0.1, 0.15) is 15.9 Å². The second-order valence-electron chi connectivity index (χ2n) is 5.17. The largest absolute Gasteiger partial charge is 0.462 e. The summed E-state index contributed by atoms with van der Waals surface area (Å²) in [5.74, 6) is -0.607. The van der Waals surface area contributed by atoms with Crippen LogP contribution >= 0.6 is 0 Å². The van der Waals surface area contributed by atoms with Crippen LogP contribution in [-0.2, 0) is 11.2 Å². The van der Waals surface area contributed by atoms with Gasteiger partial charge in [-0.25, -0.2) is 14.5 Å². The molecule has 2 aromatic carbocycles. The Balaban J connectivity index is 1.72. The second kappa shape index (κ2) is 7.35. The molecule has 25 heavy (non-hydrogen) atoms. The first-order chi connectivity index (χ1) is 12.1. The van der Waals surface area contributed by atoms with Crippen molar-refractivity contribution in [2.45, 2.75) is 6.42 Å². The molecule has 8 heteroatoms. The van der Waals surface area contributed by atoms with E-state index in [1.165, 1.54) is 35.5 Å². The molecule has 0 spiro atoms. The average molecular weight is 338 g/mol. The number of aromatic nitrogens is 3. The lowest BCUT2D eigenvalue weighted by molar-refractivity contribution is -0.384. The number of nitro benzene ring substituents is 1. The monoisotopic (exact) mass is 338 g/mol. The minimum Gasteiger partial charge on any atom is -0.462 e. The zero-order chi connectivity index (χ0) is 17.6. The summed E-state index contributed by atoms with van der Waals surface area (Å²) in [6.45, 7) is 0.196. The highest BCUT2D eigenvalue weighted by molar-refractivity contribution is 5.90. The highest BCUT2D eigenvalue weighted by atomic mass is 16.6. The van der Waals surface area contributed by atoms with Gasteiger partial charge in [0.15, 0.2) is 0 Å². The molecule has 0 amide bonds. The Bertz CT molecular complexity index is 879. The Kier molecular flexibility index (Phi) is 4.79. The van der Waals surface area contributed by atoms with Gasteiger partial charge in [-0.05, 0) is 17.7 Å². The summed E-state index contributed by atoms with van der Waals surface area (Å²) in [5, 5.41) is 15.2. The molecule has 0 aliphatic heterocycles. The fourth-order valence-electron chi connectivity index (χ4n) is 2.31. The number of rotatable bonds is 6. The fraction of sp³-hybridized carbons (Fsp3) is 0.118. The Morgan fingerprint density at radius 1 is 1.20 bits per heavy atom. The Labute approximate surface area is 142 Å². The third-order valence-corrected chi connectivity index (χ3v) is 3.54. The van der Waals surface area contributed by atoms with E-state index in [9.17, 15) is 14.9 Å². The molecule has 8 nitrogen and oxygen atoms in total. The van der Waals surface area contributed by atoms with E-state index in [2.05, 4.69) is 10.1 Å². The molecule has 0 atom stereocenters. The molecule has 1 aromatic heterocycles. The van der Waals surface area contributed by atoms with Crippen LogP contribution in [-0.4, -0.2) is 32.3 Å². The standard InChI is InChI=1S/C17H14N4O4/c22-17(25-9-8-13-4-2-1-3-5-13)14-6-7-15(16(10-14)21(23)24)20-12-18-11-19-20/h1-7,10-12H,8-9H2. The van der Waals surface area contributed by atoms with Crippen molar-refractivity contribution in [1.82, 2.24) is 14.8 Å². The van der Waals surface area contributed by atoms with Gasteiger partial charge in [0.2, 0.25) is 0 Å². The summed E-state index contributed by atoms with van der Waals surface area (Å²) in [4.78, 5) is 26.6. The lowest BCUT2D eigenvalue weighted by Crippen LogP contribution is -2.10. The molecule has 0 fully saturated rings. The van der Waals surface area contributed by atoms with Crippen molar-refractivity contribution in [2.75, 3.05) is 6.61 Å². The summed E-state index contributed by atoms with van der Waals surface area (Å²) in [6.07, 6.45) is 3.20. The van der Waals surface area contributed by atoms with E-state index >= 15 is 0 Å². The molecule has 1 heterocycles. The van der Waals surface area contributed by atoms with Crippen LogP contribution in [0.25, 0.3) is 5.69 Å². The smallest absolute Gasteiger partial charge is 0.338 e. The second-order valence-corrected chi connectivity index (χ2v) is 5.17. The van der Waals surface area contributed by atoms with Crippen molar-refractivity contribution >= 4 is 11.7 Å². The highest BCUT2D eigenvalue weighted by Crippen LogP contribution is 2.23. The number of esters is 1. The SMILES string of the molecule is O=C(OCCc1ccccc1)c1ccc(-n2cncn2)c([N+](=O)[O-])c1. The van der Waals surface area contributed by atoms with E-state index < -0.39 is 10.9 Å². The van der Waals surface area contributed by atoms with Gasteiger partial charge in [0, 0.05) is 12.5 Å². The minimum absolute atomic E-state index is 0.114. The quantitative estimate of drug-likeness (QED) is 0.389. The lowest BCUT2D eigenvalue weighted by Gasteiger charge is -2.07. The van der Waals surface area contributed by atoms with Crippen molar-refractivity contribution in [3.05, 3.63) is 82.4 Å². The average Bonchev–Trinajstić information content (AvgIpc) is 3.16. The van der Waals surface area contributed by atoms with Crippen LogP contribution in [0.15, 0.2) is 61.2 Å². The number of hydrogen-bond donors (Lipinski definition) is 0. The van der Waals surface area contributed by atoms with E-state index in [0.717, 1.165) is 5.56 Å². The van der Waals surface area contributed by atoms with Crippen LogP contribution in [0.2, 0.25) is 0 Å². The minimum atomic E-state index is -0.607. The summed E-state index contributed by atoms with van der Waals surface area (Å²) in [7, 11) is 0. The number of carbonyl (C=O) groups excluding carboxylic acids is 1. The van der Waals surface area contributed by atoms with E-state index in [4.69, 9.17) is 4.74 Å². The molecular formula is C17H14N4O4. The predicted molar refractivity (Wildman–Crippen MR) is 88.4 cm³/mol. The third kappa shape index (κ3) is 3.86. The number of ether oxygens (including phenoxy) is 1. The molecule has 0 saturated heterocycles. The van der Waals surface area contributed by atoms with Gasteiger partial charge in [0.25, 0.3) is 5.69 Å². The van der Waals surface area contributed by atoms with E-state index in [0.29, 0.717) is 6.42 Å². The summed E-state index contributed by atoms with van der Waals surface area (Å²) in [5.41, 5.74) is 1.14. The van der Waals surface area contributed by atoms with Gasteiger partial charge >= 0.3 is 5.97 Å². The fourth-order valence-corrected chi connectivity index (χ4v) is 2.31. The first-order valence-corrected chi connectivity index (χ1v) is 7.49. The van der Waals surface area contributed by atoms with Crippen LogP contribution in [0, 0.1) is 10.1 Å². The Morgan fingerprint density at radius 2 is 2.00 bits per heavy atom. The van der Waals surface area contributed by atoms with Crippen molar-refractivity contribution in [2.24, 2.45) is 0 Å². The third-order valence-electron chi connectivity index (χ3n) is 3.54.